The fourth-order valence-electron chi connectivity index (χ4n) is 2.42. The van der Waals surface area contributed by atoms with E-state index in [1.165, 1.54) is 6.07 Å². The average molecular weight is 342 g/mol. The van der Waals surface area contributed by atoms with Gasteiger partial charge < -0.3 is 14.6 Å². The molecule has 1 N–H and O–H groups in total. The van der Waals surface area contributed by atoms with Gasteiger partial charge in [0.05, 0.1) is 18.3 Å². The van der Waals surface area contributed by atoms with E-state index in [0.29, 0.717) is 17.9 Å². The zero-order valence-corrected chi connectivity index (χ0v) is 15.3. The first-order valence-corrected chi connectivity index (χ1v) is 8.52. The molecule has 0 unspecified atom stereocenters. The molecule has 0 saturated carbocycles. The SMILES string of the molecule is CC(C)OCCC(C)(C)Oc1ccc(C(=O)c2ccccc2)c(O)c1. The average Bonchev–Trinajstić information content (AvgIpc) is 2.54. The summed E-state index contributed by atoms with van der Waals surface area (Å²) in [5.74, 6) is 0.228. The standard InChI is InChI=1S/C21H26O4/c1-15(2)24-13-12-21(3,4)25-17-10-11-18(19(22)14-17)20(23)16-8-6-5-7-9-16/h5-11,14-15,22H,12-13H2,1-4H3. The third-order valence-electron chi connectivity index (χ3n) is 3.80. The molecular weight excluding hydrogens is 316 g/mol. The van der Waals surface area contributed by atoms with Crippen LogP contribution in [0.25, 0.3) is 0 Å². The number of ketones is 1. The van der Waals surface area contributed by atoms with Gasteiger partial charge in [0.1, 0.15) is 17.1 Å². The number of rotatable bonds is 8. The topological polar surface area (TPSA) is 55.8 Å². The minimum absolute atomic E-state index is 0.0828. The van der Waals surface area contributed by atoms with Gasteiger partial charge in [-0.3, -0.25) is 4.79 Å². The lowest BCUT2D eigenvalue weighted by Gasteiger charge is -2.27. The van der Waals surface area contributed by atoms with E-state index in [1.54, 1.807) is 36.4 Å². The Bertz CT molecular complexity index is 705. The predicted octanol–water partition coefficient (Wildman–Crippen LogP) is 4.60. The van der Waals surface area contributed by atoms with Crippen LogP contribution in [-0.2, 0) is 4.74 Å². The van der Waals surface area contributed by atoms with Crippen LogP contribution < -0.4 is 4.74 Å². The Balaban J connectivity index is 2.07. The van der Waals surface area contributed by atoms with Gasteiger partial charge in [-0.25, -0.2) is 0 Å². The van der Waals surface area contributed by atoms with Crippen LogP contribution in [0.15, 0.2) is 48.5 Å². The quantitative estimate of drug-likeness (QED) is 0.713. The molecule has 2 aromatic rings. The van der Waals surface area contributed by atoms with Gasteiger partial charge in [0.25, 0.3) is 0 Å². The van der Waals surface area contributed by atoms with Crippen molar-refractivity contribution in [3.63, 3.8) is 0 Å². The molecule has 25 heavy (non-hydrogen) atoms. The number of aromatic hydroxyl groups is 1. The summed E-state index contributed by atoms with van der Waals surface area (Å²) in [7, 11) is 0. The van der Waals surface area contributed by atoms with Gasteiger partial charge in [-0.05, 0) is 39.8 Å². The van der Waals surface area contributed by atoms with Crippen molar-refractivity contribution in [3.05, 3.63) is 59.7 Å². The van der Waals surface area contributed by atoms with Crippen LogP contribution in [0, 0.1) is 0 Å². The largest absolute Gasteiger partial charge is 0.507 e. The number of carbonyl (C=O) groups excluding carboxylic acids is 1. The van der Waals surface area contributed by atoms with Crippen molar-refractivity contribution in [2.75, 3.05) is 6.61 Å². The third kappa shape index (κ3) is 5.61. The zero-order valence-electron chi connectivity index (χ0n) is 15.3. The number of benzene rings is 2. The van der Waals surface area contributed by atoms with Crippen molar-refractivity contribution in [1.82, 2.24) is 0 Å². The number of hydrogen-bond acceptors (Lipinski definition) is 4. The molecule has 4 heteroatoms. The monoisotopic (exact) mass is 342 g/mol. The van der Waals surface area contributed by atoms with Gasteiger partial charge in [0, 0.05) is 18.1 Å². The number of phenols is 1. The highest BCUT2D eigenvalue weighted by Crippen LogP contribution is 2.29. The highest BCUT2D eigenvalue weighted by atomic mass is 16.5. The Kier molecular flexibility index (Phi) is 6.21. The fourth-order valence-corrected chi connectivity index (χ4v) is 2.42. The van der Waals surface area contributed by atoms with E-state index in [2.05, 4.69) is 0 Å². The first-order chi connectivity index (χ1) is 11.8. The molecule has 0 aliphatic heterocycles. The molecule has 0 bridgehead atoms. The Morgan fingerprint density at radius 3 is 2.40 bits per heavy atom. The van der Waals surface area contributed by atoms with Gasteiger partial charge in [0.2, 0.25) is 0 Å². The summed E-state index contributed by atoms with van der Waals surface area (Å²) in [6.45, 7) is 8.53. The van der Waals surface area contributed by atoms with E-state index in [4.69, 9.17) is 9.47 Å². The number of phenolic OH excluding ortho intramolecular Hbond substituents is 1. The summed E-state index contributed by atoms with van der Waals surface area (Å²) in [5.41, 5.74) is 0.365. The first kappa shape index (κ1) is 19.0. The first-order valence-electron chi connectivity index (χ1n) is 8.52. The Hall–Kier alpha value is -2.33. The zero-order chi connectivity index (χ0) is 18.4. The summed E-state index contributed by atoms with van der Waals surface area (Å²) < 4.78 is 11.5. The molecule has 4 nitrogen and oxygen atoms in total. The maximum absolute atomic E-state index is 12.5. The predicted molar refractivity (Wildman–Crippen MR) is 98.4 cm³/mol. The number of carbonyl (C=O) groups is 1. The molecule has 0 aliphatic carbocycles. The lowest BCUT2D eigenvalue weighted by molar-refractivity contribution is 0.0230. The van der Waals surface area contributed by atoms with E-state index >= 15 is 0 Å². The molecule has 0 atom stereocenters. The van der Waals surface area contributed by atoms with Gasteiger partial charge in [-0.15, -0.1) is 0 Å². The van der Waals surface area contributed by atoms with Crippen LogP contribution >= 0.6 is 0 Å². The van der Waals surface area contributed by atoms with Crippen LogP contribution in [0.1, 0.15) is 50.0 Å². The normalized spacial score (nSPS) is 11.6. The molecule has 2 rings (SSSR count). The third-order valence-corrected chi connectivity index (χ3v) is 3.80. The molecule has 0 aliphatic rings. The second kappa shape index (κ2) is 8.17. The second-order valence-electron chi connectivity index (χ2n) is 6.91. The van der Waals surface area contributed by atoms with Crippen molar-refractivity contribution in [2.24, 2.45) is 0 Å². The number of ether oxygens (including phenoxy) is 2. The Labute approximate surface area is 149 Å². The summed E-state index contributed by atoms with van der Waals surface area (Å²) in [4.78, 5) is 12.5. The lowest BCUT2D eigenvalue weighted by atomic mass is 10.0. The summed E-state index contributed by atoms with van der Waals surface area (Å²) in [6, 6.07) is 13.7. The van der Waals surface area contributed by atoms with Gasteiger partial charge in [-0.2, -0.15) is 0 Å². The van der Waals surface area contributed by atoms with Crippen LogP contribution in [0.5, 0.6) is 11.5 Å². The van der Waals surface area contributed by atoms with Crippen molar-refractivity contribution in [3.8, 4) is 11.5 Å². The Morgan fingerprint density at radius 1 is 1.12 bits per heavy atom. The molecule has 0 radical (unpaired) electrons. The molecule has 0 spiro atoms. The maximum Gasteiger partial charge on any atom is 0.196 e. The van der Waals surface area contributed by atoms with Gasteiger partial charge in [-0.1, -0.05) is 30.3 Å². The van der Waals surface area contributed by atoms with Crippen LogP contribution in [-0.4, -0.2) is 29.2 Å². The van der Waals surface area contributed by atoms with Crippen molar-refractivity contribution >= 4 is 5.78 Å². The van der Waals surface area contributed by atoms with Gasteiger partial charge in [0.15, 0.2) is 5.78 Å². The van der Waals surface area contributed by atoms with E-state index in [1.807, 2.05) is 33.8 Å². The summed E-state index contributed by atoms with van der Waals surface area (Å²) >= 11 is 0. The summed E-state index contributed by atoms with van der Waals surface area (Å²) in [6.07, 6.45) is 0.902. The van der Waals surface area contributed by atoms with E-state index in [9.17, 15) is 9.90 Å². The molecule has 0 fully saturated rings. The van der Waals surface area contributed by atoms with Crippen LogP contribution in [0.2, 0.25) is 0 Å². The molecule has 0 amide bonds. The van der Waals surface area contributed by atoms with Crippen LogP contribution in [0.4, 0.5) is 0 Å². The minimum Gasteiger partial charge on any atom is -0.507 e. The molecule has 0 saturated heterocycles. The van der Waals surface area contributed by atoms with E-state index in [0.717, 1.165) is 6.42 Å². The smallest absolute Gasteiger partial charge is 0.196 e. The highest BCUT2D eigenvalue weighted by Gasteiger charge is 2.21. The highest BCUT2D eigenvalue weighted by molar-refractivity contribution is 6.10. The van der Waals surface area contributed by atoms with E-state index in [-0.39, 0.29) is 23.2 Å². The Morgan fingerprint density at radius 2 is 1.80 bits per heavy atom. The van der Waals surface area contributed by atoms with Crippen LogP contribution in [0.3, 0.4) is 0 Å². The van der Waals surface area contributed by atoms with Crippen molar-refractivity contribution in [2.45, 2.75) is 45.8 Å². The van der Waals surface area contributed by atoms with E-state index < -0.39 is 5.60 Å². The molecular formula is C21H26O4. The lowest BCUT2D eigenvalue weighted by Crippen LogP contribution is -2.30. The molecule has 2 aromatic carbocycles. The second-order valence-corrected chi connectivity index (χ2v) is 6.91. The van der Waals surface area contributed by atoms with Gasteiger partial charge >= 0.3 is 0 Å². The minimum atomic E-state index is -0.438. The summed E-state index contributed by atoms with van der Waals surface area (Å²) in [5, 5.41) is 10.2. The maximum atomic E-state index is 12.5. The van der Waals surface area contributed by atoms with Crippen molar-refractivity contribution < 1.29 is 19.4 Å². The molecule has 0 heterocycles. The molecule has 0 aromatic heterocycles. The molecule has 134 valence electrons. The van der Waals surface area contributed by atoms with Crippen molar-refractivity contribution in [1.29, 1.82) is 0 Å². The fraction of sp³-hybridized carbons (Fsp3) is 0.381. The number of hydrogen-bond donors (Lipinski definition) is 1.